The van der Waals surface area contributed by atoms with Crippen molar-refractivity contribution in [2.75, 3.05) is 0 Å². The SMILES string of the molecule is CCc1ccc2ncnc(CC)c2c1. The van der Waals surface area contributed by atoms with Gasteiger partial charge in [-0.3, -0.25) is 0 Å². The van der Waals surface area contributed by atoms with E-state index in [0.717, 1.165) is 24.1 Å². The second-order valence-corrected chi connectivity index (χ2v) is 3.38. The van der Waals surface area contributed by atoms with Crippen LogP contribution in [0.25, 0.3) is 10.9 Å². The highest BCUT2D eigenvalue weighted by Crippen LogP contribution is 2.17. The Hall–Kier alpha value is -1.44. The third-order valence-corrected chi connectivity index (χ3v) is 2.53. The third kappa shape index (κ3) is 1.48. The van der Waals surface area contributed by atoms with E-state index in [0.29, 0.717) is 0 Å². The number of rotatable bonds is 2. The largest absolute Gasteiger partial charge is 0.241 e. The maximum absolute atomic E-state index is 4.29. The van der Waals surface area contributed by atoms with Gasteiger partial charge >= 0.3 is 0 Å². The fourth-order valence-corrected chi connectivity index (χ4v) is 1.66. The monoisotopic (exact) mass is 186 g/mol. The van der Waals surface area contributed by atoms with E-state index >= 15 is 0 Å². The van der Waals surface area contributed by atoms with Crippen molar-refractivity contribution in [3.05, 3.63) is 35.8 Å². The summed E-state index contributed by atoms with van der Waals surface area (Å²) in [6, 6.07) is 6.41. The highest BCUT2D eigenvalue weighted by atomic mass is 14.8. The molecule has 0 atom stereocenters. The first-order valence-corrected chi connectivity index (χ1v) is 5.07. The summed E-state index contributed by atoms with van der Waals surface area (Å²) in [5, 5.41) is 1.20. The van der Waals surface area contributed by atoms with Gasteiger partial charge in [-0.2, -0.15) is 0 Å². The van der Waals surface area contributed by atoms with E-state index in [9.17, 15) is 0 Å². The zero-order valence-electron chi connectivity index (χ0n) is 8.62. The molecule has 2 rings (SSSR count). The summed E-state index contributed by atoms with van der Waals surface area (Å²) >= 11 is 0. The standard InChI is InChI=1S/C12H14N2/c1-3-9-5-6-12-10(7-9)11(4-2)13-8-14-12/h5-8H,3-4H2,1-2H3. The summed E-state index contributed by atoms with van der Waals surface area (Å²) < 4.78 is 0. The summed E-state index contributed by atoms with van der Waals surface area (Å²) in [6.07, 6.45) is 3.67. The molecule has 1 aromatic heterocycles. The normalized spacial score (nSPS) is 10.7. The molecule has 14 heavy (non-hydrogen) atoms. The first kappa shape index (κ1) is 9.13. The van der Waals surface area contributed by atoms with Gasteiger partial charge in [0.2, 0.25) is 0 Å². The predicted molar refractivity (Wildman–Crippen MR) is 58.3 cm³/mol. The van der Waals surface area contributed by atoms with Gasteiger partial charge < -0.3 is 0 Å². The van der Waals surface area contributed by atoms with Crippen LogP contribution in [-0.2, 0) is 12.8 Å². The average molecular weight is 186 g/mol. The predicted octanol–water partition coefficient (Wildman–Crippen LogP) is 2.75. The number of hydrogen-bond donors (Lipinski definition) is 0. The van der Waals surface area contributed by atoms with Crippen LogP contribution in [0.1, 0.15) is 25.1 Å². The quantitative estimate of drug-likeness (QED) is 0.720. The van der Waals surface area contributed by atoms with Crippen LogP contribution in [0.15, 0.2) is 24.5 Å². The van der Waals surface area contributed by atoms with Crippen molar-refractivity contribution >= 4 is 10.9 Å². The lowest BCUT2D eigenvalue weighted by atomic mass is 10.1. The molecular weight excluding hydrogens is 172 g/mol. The number of aromatic nitrogens is 2. The van der Waals surface area contributed by atoms with Crippen molar-refractivity contribution < 1.29 is 0 Å². The van der Waals surface area contributed by atoms with Crippen LogP contribution in [-0.4, -0.2) is 9.97 Å². The van der Waals surface area contributed by atoms with E-state index < -0.39 is 0 Å². The minimum absolute atomic E-state index is 0.964. The van der Waals surface area contributed by atoms with Crippen LogP contribution >= 0.6 is 0 Å². The van der Waals surface area contributed by atoms with Crippen LogP contribution in [0.4, 0.5) is 0 Å². The van der Waals surface area contributed by atoms with Crippen molar-refractivity contribution in [1.29, 1.82) is 0 Å². The van der Waals surface area contributed by atoms with Crippen LogP contribution < -0.4 is 0 Å². The first-order chi connectivity index (χ1) is 6.85. The molecule has 0 aliphatic heterocycles. The number of nitrogens with zero attached hydrogens (tertiary/aromatic N) is 2. The summed E-state index contributed by atoms with van der Waals surface area (Å²) in [5.41, 5.74) is 3.54. The van der Waals surface area contributed by atoms with Gasteiger partial charge in [0.15, 0.2) is 0 Å². The molecule has 0 aliphatic rings. The maximum Gasteiger partial charge on any atom is 0.116 e. The molecule has 0 radical (unpaired) electrons. The number of fused-ring (bicyclic) bond motifs is 1. The smallest absolute Gasteiger partial charge is 0.116 e. The van der Waals surface area contributed by atoms with Crippen LogP contribution in [0.2, 0.25) is 0 Å². The molecule has 0 saturated heterocycles. The number of aryl methyl sites for hydroxylation is 2. The van der Waals surface area contributed by atoms with Crippen LogP contribution in [0.3, 0.4) is 0 Å². The fourth-order valence-electron chi connectivity index (χ4n) is 1.66. The lowest BCUT2D eigenvalue weighted by molar-refractivity contribution is 1.03. The van der Waals surface area contributed by atoms with Crippen LogP contribution in [0, 0.1) is 0 Å². The second kappa shape index (κ2) is 3.74. The van der Waals surface area contributed by atoms with Gasteiger partial charge in [-0.05, 0) is 30.5 Å². The first-order valence-electron chi connectivity index (χ1n) is 5.07. The molecule has 0 saturated carbocycles. The molecule has 2 aromatic rings. The molecule has 2 heteroatoms. The topological polar surface area (TPSA) is 25.8 Å². The Kier molecular flexibility index (Phi) is 2.44. The Balaban J connectivity index is 2.70. The molecule has 0 aliphatic carbocycles. The Morgan fingerprint density at radius 3 is 2.64 bits per heavy atom. The fraction of sp³-hybridized carbons (Fsp3) is 0.333. The highest BCUT2D eigenvalue weighted by Gasteiger charge is 2.01. The zero-order chi connectivity index (χ0) is 9.97. The number of hydrogen-bond acceptors (Lipinski definition) is 2. The van der Waals surface area contributed by atoms with Gasteiger partial charge in [0.1, 0.15) is 6.33 Å². The van der Waals surface area contributed by atoms with Gasteiger partial charge in [-0.25, -0.2) is 9.97 Å². The van der Waals surface area contributed by atoms with Gasteiger partial charge in [0.05, 0.1) is 11.2 Å². The average Bonchev–Trinajstić information content (AvgIpc) is 2.27. The molecule has 1 aromatic carbocycles. The molecule has 0 spiro atoms. The summed E-state index contributed by atoms with van der Waals surface area (Å²) in [5.74, 6) is 0. The molecule has 1 heterocycles. The van der Waals surface area contributed by atoms with Gasteiger partial charge in [0.25, 0.3) is 0 Å². The van der Waals surface area contributed by atoms with Crippen molar-refractivity contribution in [3.63, 3.8) is 0 Å². The third-order valence-electron chi connectivity index (χ3n) is 2.53. The van der Waals surface area contributed by atoms with E-state index in [4.69, 9.17) is 0 Å². The molecular formula is C12H14N2. The molecule has 0 N–H and O–H groups in total. The maximum atomic E-state index is 4.29. The Morgan fingerprint density at radius 2 is 1.93 bits per heavy atom. The lowest BCUT2D eigenvalue weighted by Crippen LogP contribution is -1.92. The molecule has 72 valence electrons. The van der Waals surface area contributed by atoms with E-state index in [1.807, 2.05) is 0 Å². The summed E-state index contributed by atoms with van der Waals surface area (Å²) in [7, 11) is 0. The summed E-state index contributed by atoms with van der Waals surface area (Å²) in [4.78, 5) is 8.54. The summed E-state index contributed by atoms with van der Waals surface area (Å²) in [6.45, 7) is 4.29. The minimum Gasteiger partial charge on any atom is -0.241 e. The van der Waals surface area contributed by atoms with Gasteiger partial charge in [-0.1, -0.05) is 19.9 Å². The second-order valence-electron chi connectivity index (χ2n) is 3.38. The molecule has 0 amide bonds. The van der Waals surface area contributed by atoms with Gasteiger partial charge in [-0.15, -0.1) is 0 Å². The van der Waals surface area contributed by atoms with Gasteiger partial charge in [0, 0.05) is 5.39 Å². The van der Waals surface area contributed by atoms with Crippen molar-refractivity contribution in [1.82, 2.24) is 9.97 Å². The van der Waals surface area contributed by atoms with Crippen molar-refractivity contribution in [3.8, 4) is 0 Å². The van der Waals surface area contributed by atoms with Crippen molar-refractivity contribution in [2.24, 2.45) is 0 Å². The van der Waals surface area contributed by atoms with E-state index in [1.165, 1.54) is 10.9 Å². The molecule has 0 bridgehead atoms. The molecule has 0 unspecified atom stereocenters. The lowest BCUT2D eigenvalue weighted by Gasteiger charge is -2.03. The van der Waals surface area contributed by atoms with Crippen molar-refractivity contribution in [2.45, 2.75) is 26.7 Å². The Labute approximate surface area is 84.0 Å². The number of benzene rings is 1. The Bertz CT molecular complexity index is 449. The molecule has 0 fully saturated rings. The van der Waals surface area contributed by atoms with Crippen LogP contribution in [0.5, 0.6) is 0 Å². The zero-order valence-corrected chi connectivity index (χ0v) is 8.62. The Morgan fingerprint density at radius 1 is 1.07 bits per heavy atom. The minimum atomic E-state index is 0.964. The molecule has 2 nitrogen and oxygen atoms in total. The van der Waals surface area contributed by atoms with E-state index in [2.05, 4.69) is 42.0 Å². The van der Waals surface area contributed by atoms with E-state index in [-0.39, 0.29) is 0 Å². The highest BCUT2D eigenvalue weighted by molar-refractivity contribution is 5.81. The van der Waals surface area contributed by atoms with E-state index in [1.54, 1.807) is 6.33 Å².